The first-order chi connectivity index (χ1) is 12.5. The molecule has 1 aliphatic heterocycles. The van der Waals surface area contributed by atoms with Crippen LogP contribution in [0.25, 0.3) is 10.2 Å². The third-order valence-electron chi connectivity index (χ3n) is 6.19. The number of anilines is 1. The van der Waals surface area contributed by atoms with Gasteiger partial charge in [-0.05, 0) is 51.0 Å². The van der Waals surface area contributed by atoms with Crippen LogP contribution in [0.15, 0.2) is 0 Å². The molecule has 3 heterocycles. The summed E-state index contributed by atoms with van der Waals surface area (Å²) in [7, 11) is 0. The molecule has 1 N–H and O–H groups in total. The van der Waals surface area contributed by atoms with E-state index in [9.17, 15) is 4.79 Å². The Hall–Kier alpha value is -1.69. The van der Waals surface area contributed by atoms with Crippen LogP contribution in [0.2, 0.25) is 0 Å². The van der Waals surface area contributed by atoms with E-state index in [2.05, 4.69) is 34.0 Å². The van der Waals surface area contributed by atoms with Crippen LogP contribution in [-0.4, -0.2) is 40.4 Å². The first-order valence-electron chi connectivity index (χ1n) is 9.79. The molecule has 1 amide bonds. The molecule has 2 aliphatic rings. The maximum Gasteiger partial charge on any atom is 0.241 e. The molecule has 2 aromatic rings. The smallest absolute Gasteiger partial charge is 0.241 e. The first kappa shape index (κ1) is 17.7. The summed E-state index contributed by atoms with van der Waals surface area (Å²) in [5, 5.41) is 4.38. The number of nitrogens with zero attached hydrogens (tertiary/aromatic N) is 3. The van der Waals surface area contributed by atoms with Crippen molar-refractivity contribution in [3.05, 3.63) is 16.3 Å². The van der Waals surface area contributed by atoms with Gasteiger partial charge in [0.05, 0.1) is 11.9 Å². The highest BCUT2D eigenvalue weighted by atomic mass is 32.1. The number of rotatable bonds is 3. The maximum atomic E-state index is 12.8. The number of amides is 1. The molecule has 0 aromatic carbocycles. The van der Waals surface area contributed by atoms with Crippen molar-refractivity contribution in [2.45, 2.75) is 52.9 Å². The minimum Gasteiger partial charge on any atom is -0.360 e. The van der Waals surface area contributed by atoms with Gasteiger partial charge in [0.25, 0.3) is 0 Å². The van der Waals surface area contributed by atoms with Gasteiger partial charge in [-0.2, -0.15) is 0 Å². The fourth-order valence-corrected chi connectivity index (χ4v) is 5.66. The van der Waals surface area contributed by atoms with Gasteiger partial charge < -0.3 is 10.2 Å². The molecule has 2 aromatic heterocycles. The Morgan fingerprint density at radius 1 is 1.15 bits per heavy atom. The number of aromatic nitrogens is 2. The van der Waals surface area contributed by atoms with E-state index < -0.39 is 0 Å². The molecule has 26 heavy (non-hydrogen) atoms. The molecule has 1 saturated heterocycles. The second-order valence-electron chi connectivity index (χ2n) is 7.87. The average molecular weight is 373 g/mol. The number of hydrogen-bond acceptors (Lipinski definition) is 5. The van der Waals surface area contributed by atoms with Crippen LogP contribution in [0.3, 0.4) is 0 Å². The summed E-state index contributed by atoms with van der Waals surface area (Å²) in [5.74, 6) is 3.31. The lowest BCUT2D eigenvalue weighted by Crippen LogP contribution is -2.46. The molecule has 0 unspecified atom stereocenters. The summed E-state index contributed by atoms with van der Waals surface area (Å²) in [6.07, 6.45) is 6.53. The van der Waals surface area contributed by atoms with Crippen molar-refractivity contribution in [1.29, 1.82) is 0 Å². The summed E-state index contributed by atoms with van der Waals surface area (Å²) in [4.78, 5) is 26.2. The number of aryl methyl sites for hydroxylation is 3. The molecule has 1 aliphatic carbocycles. The fourth-order valence-electron chi connectivity index (χ4n) is 4.58. The number of thiophene rings is 1. The van der Waals surface area contributed by atoms with Crippen molar-refractivity contribution < 1.29 is 4.79 Å². The van der Waals surface area contributed by atoms with Crippen LogP contribution < -0.4 is 5.32 Å². The lowest BCUT2D eigenvalue weighted by molar-refractivity contribution is -0.132. The van der Waals surface area contributed by atoms with Crippen molar-refractivity contribution in [3.63, 3.8) is 0 Å². The molecule has 6 heteroatoms. The van der Waals surface area contributed by atoms with E-state index in [1.807, 2.05) is 6.92 Å². The van der Waals surface area contributed by atoms with Gasteiger partial charge in [-0.25, -0.2) is 9.97 Å². The summed E-state index contributed by atoms with van der Waals surface area (Å²) < 4.78 is 0. The second kappa shape index (κ2) is 7.14. The van der Waals surface area contributed by atoms with Crippen molar-refractivity contribution in [2.24, 2.45) is 11.8 Å². The monoisotopic (exact) mass is 372 g/mol. The lowest BCUT2D eigenvalue weighted by atomic mass is 9.75. The molecular formula is C20H28N4OS. The van der Waals surface area contributed by atoms with E-state index in [1.54, 1.807) is 11.3 Å². The normalized spacial score (nSPS) is 23.1. The second-order valence-corrected chi connectivity index (χ2v) is 9.07. The number of hydrogen-bond donors (Lipinski definition) is 1. The van der Waals surface area contributed by atoms with E-state index >= 15 is 0 Å². The average Bonchev–Trinajstić information content (AvgIpc) is 2.92. The summed E-state index contributed by atoms with van der Waals surface area (Å²) in [5.41, 5.74) is 1.21. The predicted molar refractivity (Wildman–Crippen MR) is 107 cm³/mol. The Bertz CT molecular complexity index is 831. The number of fused-ring (bicyclic) bond motifs is 2. The number of likely N-dealkylation sites (tertiary alicyclic amines) is 1. The summed E-state index contributed by atoms with van der Waals surface area (Å²) >= 11 is 1.70. The standard InChI is InChI=1S/C20H28N4OS/c1-12-13(2)26-20-18(12)19(22-14(3)23-20)21-10-17(25)24-9-8-15-6-4-5-7-16(15)11-24/h15-16H,4-11H2,1-3H3,(H,21,22,23)/t15-,16-/m0/s1. The Balaban J connectivity index is 1.45. The summed E-state index contributed by atoms with van der Waals surface area (Å²) in [6.45, 7) is 8.30. The van der Waals surface area contributed by atoms with E-state index in [4.69, 9.17) is 0 Å². The highest BCUT2D eigenvalue weighted by Gasteiger charge is 2.32. The number of carbonyl (C=O) groups is 1. The first-order valence-corrected chi connectivity index (χ1v) is 10.6. The van der Waals surface area contributed by atoms with Crippen molar-refractivity contribution in [3.8, 4) is 0 Å². The molecule has 0 spiro atoms. The molecule has 0 bridgehead atoms. The zero-order valence-corrected chi connectivity index (χ0v) is 16.8. The van der Waals surface area contributed by atoms with E-state index in [0.29, 0.717) is 6.54 Å². The Kier molecular flexibility index (Phi) is 4.86. The van der Waals surface area contributed by atoms with Gasteiger partial charge >= 0.3 is 0 Å². The molecule has 4 rings (SSSR count). The molecule has 1 saturated carbocycles. The van der Waals surface area contributed by atoms with Crippen LogP contribution in [0.4, 0.5) is 5.82 Å². The van der Waals surface area contributed by atoms with Crippen molar-refractivity contribution in [1.82, 2.24) is 14.9 Å². The Labute approximate surface area is 159 Å². The van der Waals surface area contributed by atoms with E-state index in [-0.39, 0.29) is 5.91 Å². The minimum atomic E-state index is 0.197. The molecule has 0 radical (unpaired) electrons. The van der Waals surface area contributed by atoms with Gasteiger partial charge in [0, 0.05) is 18.0 Å². The Morgan fingerprint density at radius 2 is 1.92 bits per heavy atom. The maximum absolute atomic E-state index is 12.8. The minimum absolute atomic E-state index is 0.197. The van der Waals surface area contributed by atoms with Gasteiger partial charge in [0.15, 0.2) is 0 Å². The summed E-state index contributed by atoms with van der Waals surface area (Å²) in [6, 6.07) is 0. The van der Waals surface area contributed by atoms with Gasteiger partial charge in [-0.3, -0.25) is 4.79 Å². The molecule has 5 nitrogen and oxygen atoms in total. The van der Waals surface area contributed by atoms with Crippen LogP contribution >= 0.6 is 11.3 Å². The fraction of sp³-hybridized carbons (Fsp3) is 0.650. The Morgan fingerprint density at radius 3 is 2.73 bits per heavy atom. The van der Waals surface area contributed by atoms with E-state index in [1.165, 1.54) is 42.5 Å². The molecular weight excluding hydrogens is 344 g/mol. The van der Waals surface area contributed by atoms with Gasteiger partial charge in [0.1, 0.15) is 16.5 Å². The van der Waals surface area contributed by atoms with E-state index in [0.717, 1.165) is 46.8 Å². The van der Waals surface area contributed by atoms with Crippen LogP contribution in [0.5, 0.6) is 0 Å². The van der Waals surface area contributed by atoms with Gasteiger partial charge in [-0.15, -0.1) is 11.3 Å². The predicted octanol–water partition coefficient (Wildman–Crippen LogP) is 4.07. The lowest BCUT2D eigenvalue weighted by Gasteiger charge is -2.41. The van der Waals surface area contributed by atoms with Gasteiger partial charge in [0.2, 0.25) is 5.91 Å². The number of piperidine rings is 1. The quantitative estimate of drug-likeness (QED) is 0.882. The zero-order chi connectivity index (χ0) is 18.3. The number of nitrogens with one attached hydrogen (secondary N) is 1. The highest BCUT2D eigenvalue weighted by Crippen LogP contribution is 2.36. The van der Waals surface area contributed by atoms with Crippen LogP contribution in [0, 0.1) is 32.6 Å². The molecule has 2 fully saturated rings. The largest absolute Gasteiger partial charge is 0.360 e. The van der Waals surface area contributed by atoms with Crippen molar-refractivity contribution in [2.75, 3.05) is 25.0 Å². The van der Waals surface area contributed by atoms with Crippen LogP contribution in [0.1, 0.15) is 48.4 Å². The van der Waals surface area contributed by atoms with Crippen molar-refractivity contribution >= 4 is 33.3 Å². The number of carbonyl (C=O) groups excluding carboxylic acids is 1. The molecule has 2 atom stereocenters. The SMILES string of the molecule is Cc1nc(NCC(=O)N2CC[C@@H]3CCCC[C@H]3C2)c2c(C)c(C)sc2n1. The third kappa shape index (κ3) is 3.31. The molecule has 140 valence electrons. The zero-order valence-electron chi connectivity index (χ0n) is 16.0. The highest BCUT2D eigenvalue weighted by molar-refractivity contribution is 7.18. The topological polar surface area (TPSA) is 58.1 Å². The van der Waals surface area contributed by atoms with Gasteiger partial charge in [-0.1, -0.05) is 19.3 Å². The van der Waals surface area contributed by atoms with Crippen LogP contribution in [-0.2, 0) is 4.79 Å². The third-order valence-corrected chi connectivity index (χ3v) is 7.29.